The van der Waals surface area contributed by atoms with Crippen LogP contribution in [0.4, 0.5) is 5.69 Å². The quantitative estimate of drug-likeness (QED) is 0.728. The van der Waals surface area contributed by atoms with Gasteiger partial charge >= 0.3 is 0 Å². The van der Waals surface area contributed by atoms with Crippen LogP contribution in [-0.4, -0.2) is 9.96 Å². The van der Waals surface area contributed by atoms with E-state index < -0.39 is 9.73 Å². The average Bonchev–Trinajstić information content (AvgIpc) is 2.70. The SMILES string of the molecule is CC(C)c1ccc2c(c1)N=S1(=O)CCCC21. The van der Waals surface area contributed by atoms with Gasteiger partial charge in [-0.15, -0.1) is 0 Å². The van der Waals surface area contributed by atoms with E-state index in [4.69, 9.17) is 0 Å². The Kier molecular flexibility index (Phi) is 2.15. The van der Waals surface area contributed by atoms with Crippen LogP contribution in [0, 0.1) is 0 Å². The minimum Gasteiger partial charge on any atom is -0.249 e. The second kappa shape index (κ2) is 3.33. The first-order valence-electron chi connectivity index (χ1n) is 5.98. The monoisotopic (exact) mass is 235 g/mol. The predicted molar refractivity (Wildman–Crippen MR) is 67.6 cm³/mol. The maximum atomic E-state index is 12.5. The first-order valence-corrected chi connectivity index (χ1v) is 7.72. The van der Waals surface area contributed by atoms with Crippen LogP contribution in [0.25, 0.3) is 0 Å². The van der Waals surface area contributed by atoms with E-state index >= 15 is 0 Å². The van der Waals surface area contributed by atoms with Crippen LogP contribution in [0.2, 0.25) is 0 Å². The van der Waals surface area contributed by atoms with E-state index in [0.29, 0.717) is 5.92 Å². The van der Waals surface area contributed by atoms with Crippen molar-refractivity contribution in [2.45, 2.75) is 37.9 Å². The molecule has 0 bridgehead atoms. The summed E-state index contributed by atoms with van der Waals surface area (Å²) in [6.07, 6.45) is 2.12. The molecule has 0 aliphatic carbocycles. The highest BCUT2D eigenvalue weighted by molar-refractivity contribution is 7.94. The summed E-state index contributed by atoms with van der Waals surface area (Å²) in [6, 6.07) is 6.45. The fourth-order valence-electron chi connectivity index (χ4n) is 2.70. The second-order valence-electron chi connectivity index (χ2n) is 5.09. The van der Waals surface area contributed by atoms with Crippen molar-refractivity contribution in [2.24, 2.45) is 4.36 Å². The van der Waals surface area contributed by atoms with Crippen LogP contribution < -0.4 is 0 Å². The topological polar surface area (TPSA) is 29.4 Å². The molecule has 0 radical (unpaired) electrons. The fraction of sp³-hybridized carbons (Fsp3) is 0.538. The Morgan fingerprint density at radius 1 is 1.44 bits per heavy atom. The van der Waals surface area contributed by atoms with Gasteiger partial charge in [-0.3, -0.25) is 0 Å². The van der Waals surface area contributed by atoms with Gasteiger partial charge in [0.25, 0.3) is 0 Å². The van der Waals surface area contributed by atoms with Gasteiger partial charge in [0.15, 0.2) is 0 Å². The van der Waals surface area contributed by atoms with Crippen molar-refractivity contribution in [3.63, 3.8) is 0 Å². The maximum absolute atomic E-state index is 12.5. The van der Waals surface area contributed by atoms with Gasteiger partial charge in [0.05, 0.1) is 20.7 Å². The zero-order valence-corrected chi connectivity index (χ0v) is 10.6. The van der Waals surface area contributed by atoms with Gasteiger partial charge in [-0.25, -0.2) is 4.21 Å². The minimum atomic E-state index is -1.94. The molecule has 2 aliphatic heterocycles. The molecule has 2 unspecified atom stereocenters. The lowest BCUT2D eigenvalue weighted by atomic mass is 9.98. The Morgan fingerprint density at radius 2 is 2.25 bits per heavy atom. The molecule has 2 atom stereocenters. The van der Waals surface area contributed by atoms with Crippen LogP contribution >= 0.6 is 0 Å². The molecule has 1 fully saturated rings. The van der Waals surface area contributed by atoms with Crippen molar-refractivity contribution < 1.29 is 4.21 Å². The number of nitrogens with zero attached hydrogens (tertiary/aromatic N) is 1. The second-order valence-corrected chi connectivity index (χ2v) is 7.63. The summed E-state index contributed by atoms with van der Waals surface area (Å²) in [5.41, 5.74) is 3.53. The van der Waals surface area contributed by atoms with Gasteiger partial charge in [0, 0.05) is 5.75 Å². The van der Waals surface area contributed by atoms with Gasteiger partial charge < -0.3 is 0 Å². The molecule has 0 N–H and O–H groups in total. The summed E-state index contributed by atoms with van der Waals surface area (Å²) in [7, 11) is -1.94. The van der Waals surface area contributed by atoms with Crippen molar-refractivity contribution in [1.82, 2.24) is 0 Å². The Labute approximate surface area is 97.3 Å². The van der Waals surface area contributed by atoms with Crippen LogP contribution in [0.15, 0.2) is 22.6 Å². The Balaban J connectivity index is 2.15. The molecule has 2 nitrogen and oxygen atoms in total. The van der Waals surface area contributed by atoms with Crippen molar-refractivity contribution in [3.8, 4) is 0 Å². The van der Waals surface area contributed by atoms with E-state index in [9.17, 15) is 4.21 Å². The standard InChI is InChI=1S/C13H17NOS/c1-9(2)10-5-6-11-12(8-10)14-16(15)7-3-4-13(11)16/h5-6,8-9,13H,3-4,7H2,1-2H3. The normalized spacial score (nSPS) is 31.3. The lowest BCUT2D eigenvalue weighted by Gasteiger charge is -2.09. The molecule has 3 heteroatoms. The van der Waals surface area contributed by atoms with Gasteiger partial charge in [-0.2, -0.15) is 4.36 Å². The van der Waals surface area contributed by atoms with Crippen LogP contribution in [-0.2, 0) is 9.73 Å². The molecule has 1 saturated heterocycles. The zero-order chi connectivity index (χ0) is 11.3. The molecule has 16 heavy (non-hydrogen) atoms. The molecule has 0 saturated carbocycles. The first kappa shape index (κ1) is 10.3. The number of hydrogen-bond acceptors (Lipinski definition) is 2. The Bertz CT molecular complexity index is 553. The Hall–Kier alpha value is -0.830. The number of benzene rings is 1. The predicted octanol–water partition coefficient (Wildman–Crippen LogP) is 3.76. The van der Waals surface area contributed by atoms with E-state index in [1.165, 1.54) is 11.1 Å². The third-order valence-electron chi connectivity index (χ3n) is 3.67. The van der Waals surface area contributed by atoms with Gasteiger partial charge in [-0.1, -0.05) is 26.0 Å². The van der Waals surface area contributed by atoms with E-state index in [1.54, 1.807) is 0 Å². The van der Waals surface area contributed by atoms with Crippen LogP contribution in [0.3, 0.4) is 0 Å². The van der Waals surface area contributed by atoms with E-state index in [0.717, 1.165) is 24.3 Å². The first-order chi connectivity index (χ1) is 7.60. The highest BCUT2D eigenvalue weighted by Crippen LogP contribution is 2.48. The molecule has 3 rings (SSSR count). The Morgan fingerprint density at radius 3 is 3.00 bits per heavy atom. The molecular weight excluding hydrogens is 218 g/mol. The third kappa shape index (κ3) is 1.34. The molecule has 2 heterocycles. The fourth-order valence-corrected chi connectivity index (χ4v) is 5.41. The van der Waals surface area contributed by atoms with Crippen LogP contribution in [0.5, 0.6) is 0 Å². The molecule has 1 aromatic carbocycles. The number of hydrogen-bond donors (Lipinski definition) is 0. The minimum absolute atomic E-state index is 0.226. The third-order valence-corrected chi connectivity index (χ3v) is 6.43. The number of rotatable bonds is 1. The van der Waals surface area contributed by atoms with Gasteiger partial charge in [0.2, 0.25) is 0 Å². The molecule has 0 amide bonds. The van der Waals surface area contributed by atoms with Crippen molar-refractivity contribution in [2.75, 3.05) is 5.75 Å². The molecular formula is C13H17NOS. The lowest BCUT2D eigenvalue weighted by molar-refractivity contribution is 0.675. The van der Waals surface area contributed by atoms with E-state index in [1.807, 2.05) is 0 Å². The maximum Gasteiger partial charge on any atom is 0.0777 e. The summed E-state index contributed by atoms with van der Waals surface area (Å²) < 4.78 is 17.0. The molecule has 1 aromatic rings. The highest BCUT2D eigenvalue weighted by Gasteiger charge is 2.37. The van der Waals surface area contributed by atoms with Gasteiger partial charge in [0.1, 0.15) is 0 Å². The van der Waals surface area contributed by atoms with Crippen molar-refractivity contribution >= 4 is 15.4 Å². The molecule has 0 aromatic heterocycles. The molecule has 86 valence electrons. The summed E-state index contributed by atoms with van der Waals surface area (Å²) in [5.74, 6) is 1.31. The largest absolute Gasteiger partial charge is 0.249 e. The lowest BCUT2D eigenvalue weighted by Crippen LogP contribution is -2.01. The smallest absolute Gasteiger partial charge is 0.0777 e. The molecule has 0 spiro atoms. The van der Waals surface area contributed by atoms with Gasteiger partial charge in [-0.05, 0) is 36.0 Å². The summed E-state index contributed by atoms with van der Waals surface area (Å²) in [5, 5.41) is 0.226. The summed E-state index contributed by atoms with van der Waals surface area (Å²) in [4.78, 5) is 0. The van der Waals surface area contributed by atoms with E-state index in [-0.39, 0.29) is 5.25 Å². The van der Waals surface area contributed by atoms with E-state index in [2.05, 4.69) is 36.4 Å². The van der Waals surface area contributed by atoms with Crippen molar-refractivity contribution in [1.29, 1.82) is 0 Å². The highest BCUT2D eigenvalue weighted by atomic mass is 32.2. The molecule has 2 aliphatic rings. The summed E-state index contributed by atoms with van der Waals surface area (Å²) in [6.45, 7) is 4.36. The average molecular weight is 235 g/mol. The number of fused-ring (bicyclic) bond motifs is 3. The van der Waals surface area contributed by atoms with Crippen LogP contribution in [0.1, 0.15) is 49.0 Å². The zero-order valence-electron chi connectivity index (χ0n) is 9.77. The van der Waals surface area contributed by atoms with Crippen molar-refractivity contribution in [3.05, 3.63) is 29.3 Å². The summed E-state index contributed by atoms with van der Waals surface area (Å²) >= 11 is 0.